The Balaban J connectivity index is 2.91. The largest absolute Gasteiger partial charge is 0.371 e. The molecular weight excluding hydrogens is 218 g/mol. The van der Waals surface area contributed by atoms with Gasteiger partial charge in [-0.1, -0.05) is 31.5 Å². The van der Waals surface area contributed by atoms with Gasteiger partial charge in [-0.05, 0) is 43.9 Å². The van der Waals surface area contributed by atoms with Gasteiger partial charge in [-0.25, -0.2) is 0 Å². The standard InChI is InChI=1S/C14H22ClN/c1-10(2)8-12-6-7-14(13(15)9-12)16(5)11(3)4/h6-7,9-11H,8H2,1-5H3. The van der Waals surface area contributed by atoms with E-state index in [1.54, 1.807) is 0 Å². The number of nitrogens with zero attached hydrogens (tertiary/aromatic N) is 1. The zero-order valence-corrected chi connectivity index (χ0v) is 11.7. The third-order valence-electron chi connectivity index (χ3n) is 2.81. The third-order valence-corrected chi connectivity index (χ3v) is 3.11. The highest BCUT2D eigenvalue weighted by molar-refractivity contribution is 6.33. The Morgan fingerprint density at radius 2 is 1.81 bits per heavy atom. The van der Waals surface area contributed by atoms with E-state index in [0.29, 0.717) is 12.0 Å². The molecule has 0 heterocycles. The predicted octanol–water partition coefficient (Wildman–Crippen LogP) is 4.38. The van der Waals surface area contributed by atoms with Crippen molar-refractivity contribution < 1.29 is 0 Å². The second-order valence-corrected chi connectivity index (χ2v) is 5.50. The Labute approximate surface area is 104 Å². The molecule has 1 rings (SSSR count). The molecule has 0 aliphatic rings. The summed E-state index contributed by atoms with van der Waals surface area (Å²) in [5.74, 6) is 0.671. The second-order valence-electron chi connectivity index (χ2n) is 5.09. The summed E-state index contributed by atoms with van der Waals surface area (Å²) in [7, 11) is 2.08. The van der Waals surface area contributed by atoms with Crippen LogP contribution in [-0.2, 0) is 6.42 Å². The predicted molar refractivity (Wildman–Crippen MR) is 73.5 cm³/mol. The van der Waals surface area contributed by atoms with E-state index < -0.39 is 0 Å². The van der Waals surface area contributed by atoms with Gasteiger partial charge in [-0.2, -0.15) is 0 Å². The molecule has 0 aromatic heterocycles. The van der Waals surface area contributed by atoms with E-state index >= 15 is 0 Å². The Morgan fingerprint density at radius 1 is 1.19 bits per heavy atom. The Kier molecular flexibility index (Phi) is 4.67. The highest BCUT2D eigenvalue weighted by Gasteiger charge is 2.10. The SMILES string of the molecule is CC(C)Cc1ccc(N(C)C(C)C)c(Cl)c1. The molecule has 0 bridgehead atoms. The summed E-state index contributed by atoms with van der Waals surface area (Å²) in [5.41, 5.74) is 2.44. The zero-order valence-electron chi connectivity index (χ0n) is 10.9. The molecule has 0 aliphatic heterocycles. The van der Waals surface area contributed by atoms with Crippen LogP contribution < -0.4 is 4.90 Å². The van der Waals surface area contributed by atoms with Gasteiger partial charge in [0.2, 0.25) is 0 Å². The van der Waals surface area contributed by atoms with Gasteiger partial charge in [-0.15, -0.1) is 0 Å². The van der Waals surface area contributed by atoms with Crippen LogP contribution in [0.5, 0.6) is 0 Å². The molecule has 0 fully saturated rings. The van der Waals surface area contributed by atoms with Crippen LogP contribution >= 0.6 is 11.6 Å². The van der Waals surface area contributed by atoms with Crippen molar-refractivity contribution in [1.29, 1.82) is 0 Å². The molecule has 90 valence electrons. The van der Waals surface area contributed by atoms with E-state index in [9.17, 15) is 0 Å². The van der Waals surface area contributed by atoms with Crippen LogP contribution in [0.1, 0.15) is 33.3 Å². The third kappa shape index (κ3) is 3.41. The summed E-state index contributed by atoms with van der Waals surface area (Å²) >= 11 is 6.31. The molecule has 0 saturated carbocycles. The van der Waals surface area contributed by atoms with E-state index in [4.69, 9.17) is 11.6 Å². The molecule has 0 amide bonds. The summed E-state index contributed by atoms with van der Waals surface area (Å²) in [6.07, 6.45) is 1.09. The van der Waals surface area contributed by atoms with Crippen molar-refractivity contribution in [2.24, 2.45) is 5.92 Å². The molecule has 1 aromatic rings. The number of rotatable bonds is 4. The quantitative estimate of drug-likeness (QED) is 0.754. The lowest BCUT2D eigenvalue weighted by molar-refractivity contribution is 0.647. The summed E-state index contributed by atoms with van der Waals surface area (Å²) in [6.45, 7) is 8.78. The fourth-order valence-corrected chi connectivity index (χ4v) is 2.05. The monoisotopic (exact) mass is 239 g/mol. The van der Waals surface area contributed by atoms with E-state index in [0.717, 1.165) is 17.1 Å². The molecule has 16 heavy (non-hydrogen) atoms. The first kappa shape index (κ1) is 13.4. The molecule has 1 aromatic carbocycles. The van der Waals surface area contributed by atoms with Crippen molar-refractivity contribution in [2.75, 3.05) is 11.9 Å². The minimum atomic E-state index is 0.466. The second kappa shape index (κ2) is 5.58. The van der Waals surface area contributed by atoms with Gasteiger partial charge in [0.05, 0.1) is 10.7 Å². The van der Waals surface area contributed by atoms with Gasteiger partial charge in [0, 0.05) is 13.1 Å². The maximum absolute atomic E-state index is 6.31. The minimum absolute atomic E-state index is 0.466. The van der Waals surface area contributed by atoms with Gasteiger partial charge in [0.15, 0.2) is 0 Å². The molecule has 0 N–H and O–H groups in total. The number of hydrogen-bond acceptors (Lipinski definition) is 1. The number of anilines is 1. The first-order valence-corrected chi connectivity index (χ1v) is 6.31. The van der Waals surface area contributed by atoms with Crippen LogP contribution in [0, 0.1) is 5.92 Å². The Hall–Kier alpha value is -0.690. The van der Waals surface area contributed by atoms with Crippen molar-refractivity contribution in [1.82, 2.24) is 0 Å². The Bertz CT molecular complexity index is 345. The molecule has 0 saturated heterocycles. The summed E-state index contributed by atoms with van der Waals surface area (Å²) in [6, 6.07) is 6.86. The van der Waals surface area contributed by atoms with Gasteiger partial charge in [-0.3, -0.25) is 0 Å². The molecule has 0 atom stereocenters. The normalized spacial score (nSPS) is 11.2. The number of halogens is 1. The molecule has 0 radical (unpaired) electrons. The van der Waals surface area contributed by atoms with Crippen molar-refractivity contribution in [3.8, 4) is 0 Å². The lowest BCUT2D eigenvalue weighted by Crippen LogP contribution is -2.25. The molecule has 2 heteroatoms. The van der Waals surface area contributed by atoms with Crippen molar-refractivity contribution >= 4 is 17.3 Å². The minimum Gasteiger partial charge on any atom is -0.371 e. The molecule has 0 spiro atoms. The first-order valence-electron chi connectivity index (χ1n) is 5.93. The van der Waals surface area contributed by atoms with Gasteiger partial charge >= 0.3 is 0 Å². The average molecular weight is 240 g/mol. The van der Waals surface area contributed by atoms with Crippen LogP contribution in [0.4, 0.5) is 5.69 Å². The fraction of sp³-hybridized carbons (Fsp3) is 0.571. The average Bonchev–Trinajstić information content (AvgIpc) is 2.15. The van der Waals surface area contributed by atoms with E-state index in [1.807, 2.05) is 0 Å². The van der Waals surface area contributed by atoms with E-state index in [2.05, 4.69) is 57.8 Å². The number of hydrogen-bond donors (Lipinski definition) is 0. The highest BCUT2D eigenvalue weighted by Crippen LogP contribution is 2.28. The number of benzene rings is 1. The molecular formula is C14H22ClN. The lowest BCUT2D eigenvalue weighted by Gasteiger charge is -2.25. The van der Waals surface area contributed by atoms with E-state index in [-0.39, 0.29) is 0 Å². The summed E-state index contributed by atoms with van der Waals surface area (Å²) in [5, 5.41) is 0.856. The molecule has 0 unspecified atom stereocenters. The maximum Gasteiger partial charge on any atom is 0.0642 e. The van der Waals surface area contributed by atoms with Gasteiger partial charge in [0.1, 0.15) is 0 Å². The van der Waals surface area contributed by atoms with Crippen LogP contribution in [0.15, 0.2) is 18.2 Å². The Morgan fingerprint density at radius 3 is 2.25 bits per heavy atom. The van der Waals surface area contributed by atoms with Crippen molar-refractivity contribution in [3.63, 3.8) is 0 Å². The zero-order chi connectivity index (χ0) is 12.3. The topological polar surface area (TPSA) is 3.24 Å². The van der Waals surface area contributed by atoms with Crippen LogP contribution in [0.2, 0.25) is 5.02 Å². The van der Waals surface area contributed by atoms with Crippen molar-refractivity contribution in [3.05, 3.63) is 28.8 Å². The van der Waals surface area contributed by atoms with E-state index in [1.165, 1.54) is 5.56 Å². The lowest BCUT2D eigenvalue weighted by atomic mass is 10.0. The van der Waals surface area contributed by atoms with Gasteiger partial charge < -0.3 is 4.90 Å². The smallest absolute Gasteiger partial charge is 0.0642 e. The van der Waals surface area contributed by atoms with Crippen LogP contribution in [0.3, 0.4) is 0 Å². The van der Waals surface area contributed by atoms with Crippen LogP contribution in [-0.4, -0.2) is 13.1 Å². The van der Waals surface area contributed by atoms with Crippen LogP contribution in [0.25, 0.3) is 0 Å². The molecule has 0 aliphatic carbocycles. The first-order chi connectivity index (χ1) is 7.41. The molecule has 1 nitrogen and oxygen atoms in total. The van der Waals surface area contributed by atoms with Crippen molar-refractivity contribution in [2.45, 2.75) is 40.2 Å². The highest BCUT2D eigenvalue weighted by atomic mass is 35.5. The summed E-state index contributed by atoms with van der Waals surface area (Å²) in [4.78, 5) is 2.20. The maximum atomic E-state index is 6.31. The summed E-state index contributed by atoms with van der Waals surface area (Å²) < 4.78 is 0. The van der Waals surface area contributed by atoms with Gasteiger partial charge in [0.25, 0.3) is 0 Å². The fourth-order valence-electron chi connectivity index (χ4n) is 1.71.